The first-order valence-electron chi connectivity index (χ1n) is 6.56. The van der Waals surface area contributed by atoms with Crippen LogP contribution in [0.4, 0.5) is 0 Å². The predicted octanol–water partition coefficient (Wildman–Crippen LogP) is 4.40. The fourth-order valence-electron chi connectivity index (χ4n) is 3.09. The Morgan fingerprint density at radius 2 is 1.88 bits per heavy atom. The van der Waals surface area contributed by atoms with E-state index in [4.69, 9.17) is 4.74 Å². The molecule has 0 N–H and O–H groups in total. The lowest BCUT2D eigenvalue weighted by molar-refractivity contribution is 0.346. The second kappa shape index (κ2) is 5.39. The number of rotatable bonds is 4. The van der Waals surface area contributed by atoms with Crippen molar-refractivity contribution < 1.29 is 4.74 Å². The van der Waals surface area contributed by atoms with Gasteiger partial charge in [0.2, 0.25) is 0 Å². The summed E-state index contributed by atoms with van der Waals surface area (Å²) in [5.41, 5.74) is 1.38. The van der Waals surface area contributed by atoms with Crippen molar-refractivity contribution >= 4 is 0 Å². The molecular weight excluding hydrogens is 208 g/mol. The summed E-state index contributed by atoms with van der Waals surface area (Å²) in [7, 11) is 0. The molecule has 0 bridgehead atoms. The van der Waals surface area contributed by atoms with Crippen LogP contribution in [0.1, 0.15) is 38.2 Å². The molecule has 1 aliphatic carbocycles. The Bertz CT molecular complexity index is 373. The molecule has 0 amide bonds. The molecule has 2 rings (SSSR count). The minimum Gasteiger partial charge on any atom is -0.489 e. The predicted molar refractivity (Wildman–Crippen MR) is 72.4 cm³/mol. The van der Waals surface area contributed by atoms with Gasteiger partial charge in [-0.1, -0.05) is 44.7 Å². The van der Waals surface area contributed by atoms with E-state index < -0.39 is 0 Å². The summed E-state index contributed by atoms with van der Waals surface area (Å²) in [6.07, 6.45) is 4.47. The molecule has 17 heavy (non-hydrogen) atoms. The van der Waals surface area contributed by atoms with E-state index in [1.165, 1.54) is 18.4 Å². The lowest BCUT2D eigenvalue weighted by Crippen LogP contribution is -2.10. The lowest BCUT2D eigenvalue weighted by atomic mass is 9.84. The van der Waals surface area contributed by atoms with Gasteiger partial charge in [-0.2, -0.15) is 0 Å². The number of para-hydroxylation sites is 1. The molecule has 0 aliphatic heterocycles. The summed E-state index contributed by atoms with van der Waals surface area (Å²) in [5.74, 6) is 3.21. The van der Waals surface area contributed by atoms with E-state index in [9.17, 15) is 0 Å². The average molecular weight is 230 g/mol. The molecule has 0 radical (unpaired) electrons. The molecule has 1 aromatic carbocycles. The van der Waals surface area contributed by atoms with Crippen LogP contribution >= 0.6 is 0 Å². The highest BCUT2D eigenvalue weighted by Gasteiger charge is 2.33. The van der Waals surface area contributed by atoms with Gasteiger partial charge in [0.25, 0.3) is 0 Å². The van der Waals surface area contributed by atoms with Crippen molar-refractivity contribution in [2.45, 2.75) is 32.6 Å². The molecule has 2 unspecified atom stereocenters. The second-order valence-electron chi connectivity index (χ2n) is 5.20. The van der Waals surface area contributed by atoms with Gasteiger partial charge in [0.05, 0.1) is 0 Å². The van der Waals surface area contributed by atoms with Crippen molar-refractivity contribution in [3.63, 3.8) is 0 Å². The third kappa shape index (κ3) is 2.54. The van der Waals surface area contributed by atoms with Crippen LogP contribution in [0.5, 0.6) is 5.75 Å². The standard InChI is InChI=1S/C16H22O/c1-4-11-17-15-8-6-5-7-14(15)16-12(2)9-10-13(16)3/h4-8,12-13,16H,1,9-11H2,2-3H3. The molecule has 1 aromatic rings. The summed E-state index contributed by atoms with van der Waals surface area (Å²) in [5, 5.41) is 0. The number of ether oxygens (including phenoxy) is 1. The molecule has 2 atom stereocenters. The van der Waals surface area contributed by atoms with Crippen LogP contribution in [-0.4, -0.2) is 6.61 Å². The van der Waals surface area contributed by atoms with Crippen molar-refractivity contribution in [3.8, 4) is 5.75 Å². The van der Waals surface area contributed by atoms with Crippen LogP contribution in [-0.2, 0) is 0 Å². The number of benzene rings is 1. The Morgan fingerprint density at radius 1 is 1.24 bits per heavy atom. The van der Waals surface area contributed by atoms with Crippen molar-refractivity contribution in [2.75, 3.05) is 6.61 Å². The highest BCUT2D eigenvalue weighted by Crippen LogP contribution is 2.46. The molecule has 1 saturated carbocycles. The zero-order chi connectivity index (χ0) is 12.3. The highest BCUT2D eigenvalue weighted by atomic mass is 16.5. The van der Waals surface area contributed by atoms with Gasteiger partial charge in [0.15, 0.2) is 0 Å². The van der Waals surface area contributed by atoms with E-state index in [0.717, 1.165) is 17.6 Å². The Morgan fingerprint density at radius 3 is 2.53 bits per heavy atom. The molecule has 0 heterocycles. The maximum atomic E-state index is 5.78. The maximum Gasteiger partial charge on any atom is 0.123 e. The summed E-state index contributed by atoms with van der Waals surface area (Å²) in [6, 6.07) is 8.47. The van der Waals surface area contributed by atoms with Gasteiger partial charge in [-0.05, 0) is 42.2 Å². The minimum atomic E-state index is 0.590. The van der Waals surface area contributed by atoms with Crippen molar-refractivity contribution in [1.29, 1.82) is 0 Å². The first-order valence-corrected chi connectivity index (χ1v) is 6.56. The molecule has 1 heteroatoms. The topological polar surface area (TPSA) is 9.23 Å². The number of hydrogen-bond acceptors (Lipinski definition) is 1. The van der Waals surface area contributed by atoms with E-state index in [2.05, 4.69) is 38.6 Å². The average Bonchev–Trinajstić information content (AvgIpc) is 2.67. The molecule has 1 nitrogen and oxygen atoms in total. The van der Waals surface area contributed by atoms with Gasteiger partial charge in [-0.3, -0.25) is 0 Å². The Balaban J connectivity index is 2.27. The monoisotopic (exact) mass is 230 g/mol. The minimum absolute atomic E-state index is 0.590. The smallest absolute Gasteiger partial charge is 0.123 e. The molecule has 0 saturated heterocycles. The zero-order valence-corrected chi connectivity index (χ0v) is 10.9. The van der Waals surface area contributed by atoms with Crippen LogP contribution in [0.2, 0.25) is 0 Å². The summed E-state index contributed by atoms with van der Waals surface area (Å²) < 4.78 is 5.78. The number of hydrogen-bond donors (Lipinski definition) is 0. The van der Waals surface area contributed by atoms with Crippen LogP contribution < -0.4 is 4.74 Å². The van der Waals surface area contributed by atoms with Crippen molar-refractivity contribution in [1.82, 2.24) is 0 Å². The Kier molecular flexibility index (Phi) is 3.88. The second-order valence-corrected chi connectivity index (χ2v) is 5.20. The summed E-state index contributed by atoms with van der Waals surface area (Å²) in [6.45, 7) is 9.02. The third-order valence-corrected chi connectivity index (χ3v) is 3.94. The third-order valence-electron chi connectivity index (χ3n) is 3.94. The maximum absolute atomic E-state index is 5.78. The van der Waals surface area contributed by atoms with Crippen molar-refractivity contribution in [3.05, 3.63) is 42.5 Å². The van der Waals surface area contributed by atoms with Gasteiger partial charge in [-0.15, -0.1) is 0 Å². The van der Waals surface area contributed by atoms with E-state index in [1.54, 1.807) is 6.08 Å². The Labute approximate surface area is 104 Å². The summed E-state index contributed by atoms with van der Waals surface area (Å²) >= 11 is 0. The SMILES string of the molecule is C=CCOc1ccccc1C1C(C)CCC1C. The van der Waals surface area contributed by atoms with E-state index in [0.29, 0.717) is 12.5 Å². The van der Waals surface area contributed by atoms with E-state index >= 15 is 0 Å². The quantitative estimate of drug-likeness (QED) is 0.696. The van der Waals surface area contributed by atoms with Gasteiger partial charge < -0.3 is 4.74 Å². The molecule has 0 spiro atoms. The molecule has 0 aromatic heterocycles. The van der Waals surface area contributed by atoms with Crippen LogP contribution in [0.3, 0.4) is 0 Å². The van der Waals surface area contributed by atoms with Crippen LogP contribution in [0.15, 0.2) is 36.9 Å². The normalized spacial score (nSPS) is 28.0. The molecular formula is C16H22O. The van der Waals surface area contributed by atoms with Gasteiger partial charge in [0.1, 0.15) is 12.4 Å². The summed E-state index contributed by atoms with van der Waals surface area (Å²) in [4.78, 5) is 0. The molecule has 92 valence electrons. The Hall–Kier alpha value is -1.24. The van der Waals surface area contributed by atoms with Gasteiger partial charge in [-0.25, -0.2) is 0 Å². The zero-order valence-electron chi connectivity index (χ0n) is 10.9. The van der Waals surface area contributed by atoms with Crippen LogP contribution in [0.25, 0.3) is 0 Å². The van der Waals surface area contributed by atoms with Gasteiger partial charge in [0, 0.05) is 0 Å². The fraction of sp³-hybridized carbons (Fsp3) is 0.500. The van der Waals surface area contributed by atoms with E-state index in [-0.39, 0.29) is 0 Å². The molecule has 1 aliphatic rings. The largest absolute Gasteiger partial charge is 0.489 e. The van der Waals surface area contributed by atoms with Gasteiger partial charge >= 0.3 is 0 Å². The first kappa shape index (κ1) is 12.2. The molecule has 1 fully saturated rings. The van der Waals surface area contributed by atoms with Crippen LogP contribution in [0, 0.1) is 11.8 Å². The van der Waals surface area contributed by atoms with Crippen molar-refractivity contribution in [2.24, 2.45) is 11.8 Å². The van der Waals surface area contributed by atoms with E-state index in [1.807, 2.05) is 6.07 Å². The fourth-order valence-corrected chi connectivity index (χ4v) is 3.09. The first-order chi connectivity index (χ1) is 8.24. The lowest BCUT2D eigenvalue weighted by Gasteiger charge is -2.23. The highest BCUT2D eigenvalue weighted by molar-refractivity contribution is 5.37.